The highest BCUT2D eigenvalue weighted by Crippen LogP contribution is 2.31. The molecule has 8 nitrogen and oxygen atoms in total. The van der Waals surface area contributed by atoms with E-state index in [1.54, 1.807) is 36.2 Å². The van der Waals surface area contributed by atoms with Gasteiger partial charge in [0.25, 0.3) is 11.8 Å². The number of nitrogens with one attached hydrogen (secondary N) is 2. The van der Waals surface area contributed by atoms with Crippen molar-refractivity contribution in [3.8, 4) is 0 Å². The van der Waals surface area contributed by atoms with Crippen LogP contribution in [0.25, 0.3) is 0 Å². The molecule has 0 spiro atoms. The van der Waals surface area contributed by atoms with Gasteiger partial charge in [-0.2, -0.15) is 5.01 Å². The van der Waals surface area contributed by atoms with Crippen molar-refractivity contribution >= 4 is 17.8 Å². The molecule has 2 aromatic rings. The van der Waals surface area contributed by atoms with Gasteiger partial charge in [0, 0.05) is 0 Å². The van der Waals surface area contributed by atoms with E-state index in [1.165, 1.54) is 0 Å². The molecule has 0 saturated carbocycles. The number of aryl methyl sites for hydroxylation is 1. The van der Waals surface area contributed by atoms with E-state index in [2.05, 4.69) is 10.7 Å². The number of benzene rings is 1. The van der Waals surface area contributed by atoms with Crippen molar-refractivity contribution in [2.24, 2.45) is 0 Å². The first-order valence-electron chi connectivity index (χ1n) is 9.11. The number of carbonyl (C=O) groups is 3. The summed E-state index contributed by atoms with van der Waals surface area (Å²) in [7, 11) is 1.75. The van der Waals surface area contributed by atoms with Crippen molar-refractivity contribution < 1.29 is 18.8 Å². The van der Waals surface area contributed by atoms with Crippen molar-refractivity contribution in [3.63, 3.8) is 0 Å². The summed E-state index contributed by atoms with van der Waals surface area (Å²) in [5.74, 6) is 0.568. The van der Waals surface area contributed by atoms with Crippen LogP contribution in [0.2, 0.25) is 0 Å². The summed E-state index contributed by atoms with van der Waals surface area (Å²) in [6.45, 7) is 4.10. The van der Waals surface area contributed by atoms with Crippen LogP contribution in [0.3, 0.4) is 0 Å². The Morgan fingerprint density at radius 2 is 1.93 bits per heavy atom. The number of hydrazine groups is 1. The lowest BCUT2D eigenvalue weighted by molar-refractivity contribution is -0.139. The third-order valence-corrected chi connectivity index (χ3v) is 4.76. The molecule has 1 fully saturated rings. The lowest BCUT2D eigenvalue weighted by Crippen LogP contribution is -2.50. The predicted molar refractivity (Wildman–Crippen MR) is 102 cm³/mol. The second kappa shape index (κ2) is 7.85. The standard InChI is InChI=1S/C20H24N4O4/c1-4-20(15-8-6-5-7-9-15)18(26)24(19(27)21-20)22-17(25)13-23(3)12-16-11-10-14(2)28-16/h5-11H,4,12-13H2,1-3H3,(H,21,27)(H,22,25)/t20-/m0/s1. The molecule has 0 unspecified atom stereocenters. The first-order chi connectivity index (χ1) is 13.4. The van der Waals surface area contributed by atoms with E-state index in [0.717, 1.165) is 16.5 Å². The van der Waals surface area contributed by atoms with Gasteiger partial charge in [-0.3, -0.25) is 19.9 Å². The number of amides is 4. The van der Waals surface area contributed by atoms with Gasteiger partial charge in [-0.25, -0.2) is 4.79 Å². The molecule has 0 radical (unpaired) electrons. The van der Waals surface area contributed by atoms with Gasteiger partial charge in [0.2, 0.25) is 0 Å². The van der Waals surface area contributed by atoms with Crippen molar-refractivity contribution in [2.45, 2.75) is 32.4 Å². The molecule has 0 bridgehead atoms. The van der Waals surface area contributed by atoms with Crippen LogP contribution in [0.4, 0.5) is 4.79 Å². The molecule has 148 valence electrons. The molecule has 28 heavy (non-hydrogen) atoms. The third-order valence-electron chi connectivity index (χ3n) is 4.76. The van der Waals surface area contributed by atoms with Gasteiger partial charge < -0.3 is 9.73 Å². The Morgan fingerprint density at radius 3 is 2.54 bits per heavy atom. The average molecular weight is 384 g/mol. The fraction of sp³-hybridized carbons (Fsp3) is 0.350. The first kappa shape index (κ1) is 19.6. The minimum absolute atomic E-state index is 0.00126. The summed E-state index contributed by atoms with van der Waals surface area (Å²) in [5.41, 5.74) is 1.92. The highest BCUT2D eigenvalue weighted by molar-refractivity contribution is 6.08. The van der Waals surface area contributed by atoms with Crippen molar-refractivity contribution in [1.29, 1.82) is 0 Å². The van der Waals surface area contributed by atoms with E-state index in [4.69, 9.17) is 4.42 Å². The molecule has 1 aliphatic heterocycles. The zero-order valence-electron chi connectivity index (χ0n) is 16.2. The summed E-state index contributed by atoms with van der Waals surface area (Å²) in [5, 5.41) is 3.50. The number of furan rings is 1. The van der Waals surface area contributed by atoms with Crippen LogP contribution in [0.5, 0.6) is 0 Å². The van der Waals surface area contributed by atoms with Crippen LogP contribution >= 0.6 is 0 Å². The monoisotopic (exact) mass is 384 g/mol. The quantitative estimate of drug-likeness (QED) is 0.711. The average Bonchev–Trinajstić information content (AvgIpc) is 3.18. The molecular formula is C20H24N4O4. The van der Waals surface area contributed by atoms with E-state index in [-0.39, 0.29) is 6.54 Å². The van der Waals surface area contributed by atoms with Crippen LogP contribution in [0.15, 0.2) is 46.9 Å². The second-order valence-corrected chi connectivity index (χ2v) is 6.92. The minimum Gasteiger partial charge on any atom is -0.465 e. The van der Waals surface area contributed by atoms with Gasteiger partial charge in [0.1, 0.15) is 17.1 Å². The van der Waals surface area contributed by atoms with Gasteiger partial charge in [-0.1, -0.05) is 37.3 Å². The molecule has 1 aliphatic rings. The normalized spacial score (nSPS) is 19.2. The Balaban J connectivity index is 1.66. The third kappa shape index (κ3) is 3.77. The summed E-state index contributed by atoms with van der Waals surface area (Å²) in [6.07, 6.45) is 0.367. The summed E-state index contributed by atoms with van der Waals surface area (Å²) >= 11 is 0. The number of nitrogens with zero attached hydrogens (tertiary/aromatic N) is 2. The van der Waals surface area contributed by atoms with Crippen LogP contribution in [-0.2, 0) is 21.7 Å². The molecule has 2 N–H and O–H groups in total. The Kier molecular flexibility index (Phi) is 5.51. The van der Waals surface area contributed by atoms with E-state index in [1.807, 2.05) is 32.0 Å². The van der Waals surface area contributed by atoms with Crippen molar-refractivity contribution in [2.75, 3.05) is 13.6 Å². The van der Waals surface area contributed by atoms with Gasteiger partial charge in [-0.05, 0) is 38.1 Å². The number of urea groups is 1. The summed E-state index contributed by atoms with van der Waals surface area (Å²) in [6, 6.07) is 12.1. The number of hydrogen-bond donors (Lipinski definition) is 2. The predicted octanol–water partition coefficient (Wildman–Crippen LogP) is 1.91. The highest BCUT2D eigenvalue weighted by atomic mass is 16.3. The van der Waals surface area contributed by atoms with Crippen molar-refractivity contribution in [3.05, 3.63) is 59.5 Å². The minimum atomic E-state index is -1.18. The fourth-order valence-electron chi connectivity index (χ4n) is 3.34. The molecule has 2 heterocycles. The molecule has 8 heteroatoms. The molecule has 1 aromatic heterocycles. The lowest BCUT2D eigenvalue weighted by Gasteiger charge is -2.25. The van der Waals surface area contributed by atoms with Gasteiger partial charge in [-0.15, -0.1) is 0 Å². The molecule has 3 rings (SSSR count). The molecule has 1 atom stereocenters. The van der Waals surface area contributed by atoms with E-state index in [0.29, 0.717) is 18.5 Å². The Morgan fingerprint density at radius 1 is 1.21 bits per heavy atom. The van der Waals surface area contributed by atoms with E-state index in [9.17, 15) is 14.4 Å². The van der Waals surface area contributed by atoms with Gasteiger partial charge >= 0.3 is 6.03 Å². The largest absolute Gasteiger partial charge is 0.465 e. The van der Waals surface area contributed by atoms with E-state index >= 15 is 0 Å². The van der Waals surface area contributed by atoms with Crippen LogP contribution in [0, 0.1) is 6.92 Å². The zero-order valence-corrected chi connectivity index (χ0v) is 16.2. The van der Waals surface area contributed by atoms with Crippen LogP contribution < -0.4 is 10.7 Å². The number of imide groups is 1. The van der Waals surface area contributed by atoms with Gasteiger partial charge in [0.05, 0.1) is 13.1 Å². The van der Waals surface area contributed by atoms with Crippen LogP contribution in [0.1, 0.15) is 30.4 Å². The Hall–Kier alpha value is -3.13. The Bertz CT molecular complexity index is 879. The highest BCUT2D eigenvalue weighted by Gasteiger charge is 2.52. The summed E-state index contributed by atoms with van der Waals surface area (Å²) < 4.78 is 5.49. The number of likely N-dealkylation sites (N-methyl/N-ethyl adjacent to an activating group) is 1. The number of carbonyl (C=O) groups excluding carboxylic acids is 3. The first-order valence-corrected chi connectivity index (χ1v) is 9.11. The summed E-state index contributed by atoms with van der Waals surface area (Å²) in [4.78, 5) is 39.5. The number of rotatable bonds is 7. The van der Waals surface area contributed by atoms with Crippen LogP contribution in [-0.4, -0.2) is 41.3 Å². The molecule has 0 aliphatic carbocycles. The molecule has 1 saturated heterocycles. The maximum atomic E-state index is 13.0. The smallest absolute Gasteiger partial charge is 0.344 e. The van der Waals surface area contributed by atoms with Gasteiger partial charge in [0.15, 0.2) is 0 Å². The molecular weight excluding hydrogens is 360 g/mol. The topological polar surface area (TPSA) is 94.9 Å². The molecule has 4 amide bonds. The van der Waals surface area contributed by atoms with Crippen molar-refractivity contribution in [1.82, 2.24) is 20.7 Å². The number of hydrogen-bond acceptors (Lipinski definition) is 5. The van der Waals surface area contributed by atoms with E-state index < -0.39 is 23.4 Å². The second-order valence-electron chi connectivity index (χ2n) is 6.92. The zero-order chi connectivity index (χ0) is 20.3. The Labute approximate surface area is 163 Å². The maximum Gasteiger partial charge on any atom is 0.344 e. The SMILES string of the molecule is CC[C@@]1(c2ccccc2)NC(=O)N(NC(=O)CN(C)Cc2ccc(C)o2)C1=O. The maximum absolute atomic E-state index is 13.0. The molecule has 1 aromatic carbocycles. The lowest BCUT2D eigenvalue weighted by atomic mass is 9.87. The fourth-order valence-corrected chi connectivity index (χ4v) is 3.34.